The quantitative estimate of drug-likeness (QED) is 0.839. The predicted molar refractivity (Wildman–Crippen MR) is 72.3 cm³/mol. The maximum atomic E-state index is 5.67. The standard InChI is InChI=1S/C15H24N2O/c1-17(14-4-2-3-5-14)11-15-12(8-9-18-15)10-16-13-6-7-13/h8-9,13-14,16H,2-7,10-11H2,1H3. The maximum Gasteiger partial charge on any atom is 0.122 e. The van der Waals surface area contributed by atoms with Gasteiger partial charge in [0.25, 0.3) is 0 Å². The van der Waals surface area contributed by atoms with Gasteiger partial charge in [0, 0.05) is 24.2 Å². The highest BCUT2D eigenvalue weighted by molar-refractivity contribution is 5.17. The van der Waals surface area contributed by atoms with Crippen LogP contribution in [0.2, 0.25) is 0 Å². The first-order valence-corrected chi connectivity index (χ1v) is 7.32. The highest BCUT2D eigenvalue weighted by Crippen LogP contribution is 2.25. The molecule has 0 bridgehead atoms. The van der Waals surface area contributed by atoms with Crippen LogP contribution in [0.3, 0.4) is 0 Å². The van der Waals surface area contributed by atoms with Crippen LogP contribution in [0.15, 0.2) is 16.7 Å². The third-order valence-corrected chi connectivity index (χ3v) is 4.34. The molecule has 2 saturated carbocycles. The van der Waals surface area contributed by atoms with Crippen molar-refractivity contribution < 1.29 is 4.42 Å². The van der Waals surface area contributed by atoms with E-state index in [0.29, 0.717) is 0 Å². The molecule has 1 aromatic rings. The molecule has 1 N–H and O–H groups in total. The van der Waals surface area contributed by atoms with Crippen molar-refractivity contribution in [2.45, 2.75) is 63.7 Å². The van der Waals surface area contributed by atoms with Gasteiger partial charge in [-0.05, 0) is 38.8 Å². The van der Waals surface area contributed by atoms with E-state index in [9.17, 15) is 0 Å². The molecule has 3 nitrogen and oxygen atoms in total. The molecule has 100 valence electrons. The van der Waals surface area contributed by atoms with Gasteiger partial charge < -0.3 is 9.73 Å². The number of hydrogen-bond donors (Lipinski definition) is 1. The van der Waals surface area contributed by atoms with Gasteiger partial charge in [0.2, 0.25) is 0 Å². The van der Waals surface area contributed by atoms with Crippen molar-refractivity contribution in [1.29, 1.82) is 0 Å². The first-order valence-electron chi connectivity index (χ1n) is 7.32. The molecule has 3 rings (SSSR count). The van der Waals surface area contributed by atoms with Crippen molar-refractivity contribution in [3.8, 4) is 0 Å². The molecule has 0 amide bonds. The van der Waals surface area contributed by atoms with Gasteiger partial charge in [-0.1, -0.05) is 12.8 Å². The van der Waals surface area contributed by atoms with Gasteiger partial charge in [0.1, 0.15) is 5.76 Å². The van der Waals surface area contributed by atoms with Crippen LogP contribution < -0.4 is 5.32 Å². The maximum absolute atomic E-state index is 5.67. The molecule has 0 atom stereocenters. The topological polar surface area (TPSA) is 28.4 Å². The average molecular weight is 248 g/mol. The smallest absolute Gasteiger partial charge is 0.122 e. The van der Waals surface area contributed by atoms with Gasteiger partial charge in [-0.25, -0.2) is 0 Å². The second-order valence-corrected chi connectivity index (χ2v) is 5.88. The van der Waals surface area contributed by atoms with Crippen LogP contribution in [0, 0.1) is 0 Å². The minimum absolute atomic E-state index is 0.763. The fourth-order valence-corrected chi connectivity index (χ4v) is 2.91. The number of rotatable bonds is 6. The molecule has 0 unspecified atom stereocenters. The molecule has 2 aliphatic carbocycles. The van der Waals surface area contributed by atoms with Gasteiger partial charge in [0.15, 0.2) is 0 Å². The number of nitrogens with one attached hydrogen (secondary N) is 1. The van der Waals surface area contributed by atoms with Crippen LogP contribution in [-0.2, 0) is 13.1 Å². The average Bonchev–Trinajstić information content (AvgIpc) is 2.88. The van der Waals surface area contributed by atoms with E-state index in [-0.39, 0.29) is 0 Å². The van der Waals surface area contributed by atoms with Crippen molar-refractivity contribution in [1.82, 2.24) is 10.2 Å². The lowest BCUT2D eigenvalue weighted by molar-refractivity contribution is 0.218. The molecular weight excluding hydrogens is 224 g/mol. The van der Waals surface area contributed by atoms with Crippen molar-refractivity contribution in [3.63, 3.8) is 0 Å². The third kappa shape index (κ3) is 2.96. The van der Waals surface area contributed by atoms with Crippen LogP contribution in [0.25, 0.3) is 0 Å². The highest BCUT2D eigenvalue weighted by Gasteiger charge is 2.23. The summed E-state index contributed by atoms with van der Waals surface area (Å²) < 4.78 is 5.67. The van der Waals surface area contributed by atoms with Crippen LogP contribution in [0.5, 0.6) is 0 Å². The van der Waals surface area contributed by atoms with Crippen LogP contribution in [-0.4, -0.2) is 24.0 Å². The third-order valence-electron chi connectivity index (χ3n) is 4.34. The molecule has 0 saturated heterocycles. The van der Waals surface area contributed by atoms with Gasteiger partial charge in [0.05, 0.1) is 12.8 Å². The van der Waals surface area contributed by atoms with E-state index in [1.165, 1.54) is 44.1 Å². The Morgan fingerprint density at radius 2 is 2.06 bits per heavy atom. The summed E-state index contributed by atoms with van der Waals surface area (Å²) in [7, 11) is 2.23. The fraction of sp³-hybridized carbons (Fsp3) is 0.733. The summed E-state index contributed by atoms with van der Waals surface area (Å²) in [4.78, 5) is 2.46. The molecule has 2 aliphatic rings. The molecular formula is C15H24N2O. The Morgan fingerprint density at radius 3 is 2.78 bits per heavy atom. The molecule has 3 heteroatoms. The fourth-order valence-electron chi connectivity index (χ4n) is 2.91. The molecule has 2 fully saturated rings. The van der Waals surface area contributed by atoms with E-state index in [1.54, 1.807) is 0 Å². The molecule has 0 radical (unpaired) electrons. The molecule has 0 spiro atoms. The highest BCUT2D eigenvalue weighted by atomic mass is 16.3. The molecule has 1 heterocycles. The summed E-state index contributed by atoms with van der Waals surface area (Å²) in [5.41, 5.74) is 1.34. The van der Waals surface area contributed by atoms with E-state index in [1.807, 2.05) is 6.26 Å². The predicted octanol–water partition coefficient (Wildman–Crippen LogP) is 2.91. The second kappa shape index (κ2) is 5.45. The Morgan fingerprint density at radius 1 is 1.28 bits per heavy atom. The Balaban J connectivity index is 1.55. The first-order chi connectivity index (χ1) is 8.83. The molecule has 18 heavy (non-hydrogen) atoms. The zero-order valence-corrected chi connectivity index (χ0v) is 11.3. The summed E-state index contributed by atoms with van der Waals surface area (Å²) in [5, 5.41) is 3.56. The van der Waals surface area contributed by atoms with Gasteiger partial charge in [-0.15, -0.1) is 0 Å². The number of nitrogens with zero attached hydrogens (tertiary/aromatic N) is 1. The van der Waals surface area contributed by atoms with Crippen molar-refractivity contribution in [3.05, 3.63) is 23.7 Å². The summed E-state index contributed by atoms with van der Waals surface area (Å²) >= 11 is 0. The summed E-state index contributed by atoms with van der Waals surface area (Å²) in [5.74, 6) is 1.15. The molecule has 0 aromatic carbocycles. The van der Waals surface area contributed by atoms with Gasteiger partial charge in [-0.3, -0.25) is 4.90 Å². The lowest BCUT2D eigenvalue weighted by Gasteiger charge is -2.23. The van der Waals surface area contributed by atoms with Crippen LogP contribution in [0.4, 0.5) is 0 Å². The van der Waals surface area contributed by atoms with Crippen molar-refractivity contribution in [2.75, 3.05) is 7.05 Å². The summed E-state index contributed by atoms with van der Waals surface area (Å²) in [6, 6.07) is 3.65. The van der Waals surface area contributed by atoms with Crippen molar-refractivity contribution >= 4 is 0 Å². The van der Waals surface area contributed by atoms with Crippen molar-refractivity contribution in [2.24, 2.45) is 0 Å². The first kappa shape index (κ1) is 12.2. The van der Waals surface area contributed by atoms with Gasteiger partial charge >= 0.3 is 0 Å². The SMILES string of the molecule is CN(Cc1occc1CNC1CC1)C1CCCC1. The molecule has 1 aromatic heterocycles. The van der Waals surface area contributed by atoms with Crippen LogP contribution >= 0.6 is 0 Å². The minimum atomic E-state index is 0.763. The number of hydrogen-bond acceptors (Lipinski definition) is 3. The van der Waals surface area contributed by atoms with E-state index in [0.717, 1.165) is 30.9 Å². The Hall–Kier alpha value is -0.800. The lowest BCUT2D eigenvalue weighted by atomic mass is 10.2. The monoisotopic (exact) mass is 248 g/mol. The van der Waals surface area contributed by atoms with E-state index in [2.05, 4.69) is 23.3 Å². The zero-order valence-electron chi connectivity index (χ0n) is 11.3. The largest absolute Gasteiger partial charge is 0.468 e. The van der Waals surface area contributed by atoms with Crippen LogP contribution in [0.1, 0.15) is 49.8 Å². The number of furan rings is 1. The summed E-state index contributed by atoms with van der Waals surface area (Å²) in [6.07, 6.45) is 10.0. The zero-order chi connectivity index (χ0) is 12.4. The lowest BCUT2D eigenvalue weighted by Crippen LogP contribution is -2.29. The van der Waals surface area contributed by atoms with E-state index < -0.39 is 0 Å². The second-order valence-electron chi connectivity index (χ2n) is 5.88. The Labute approximate surface area is 110 Å². The van der Waals surface area contributed by atoms with E-state index >= 15 is 0 Å². The Kier molecular flexibility index (Phi) is 3.71. The van der Waals surface area contributed by atoms with E-state index in [4.69, 9.17) is 4.42 Å². The normalized spacial score (nSPS) is 21.0. The van der Waals surface area contributed by atoms with Gasteiger partial charge in [-0.2, -0.15) is 0 Å². The molecule has 0 aliphatic heterocycles. The Bertz CT molecular complexity index is 378. The minimum Gasteiger partial charge on any atom is -0.468 e. The summed E-state index contributed by atoms with van der Waals surface area (Å²) in [6.45, 7) is 1.92.